The summed E-state index contributed by atoms with van der Waals surface area (Å²) >= 11 is 0. The van der Waals surface area contributed by atoms with Crippen LogP contribution in [0.15, 0.2) is 47.6 Å². The van der Waals surface area contributed by atoms with E-state index in [1.807, 2.05) is 6.07 Å². The van der Waals surface area contributed by atoms with Crippen molar-refractivity contribution in [2.45, 2.75) is 25.8 Å². The number of benzene rings is 1. The van der Waals surface area contributed by atoms with Crippen LogP contribution in [0.25, 0.3) is 0 Å². The molecule has 3 rings (SSSR count). The molecule has 6 heteroatoms. The summed E-state index contributed by atoms with van der Waals surface area (Å²) in [5, 5.41) is 21.2. The van der Waals surface area contributed by atoms with Gasteiger partial charge in [-0.3, -0.25) is 4.90 Å². The second-order valence-electron chi connectivity index (χ2n) is 7.01. The molecule has 6 nitrogen and oxygen atoms in total. The van der Waals surface area contributed by atoms with Gasteiger partial charge in [0, 0.05) is 38.4 Å². The van der Waals surface area contributed by atoms with E-state index in [1.54, 1.807) is 6.07 Å². The Morgan fingerprint density at radius 3 is 2.44 bits per heavy atom. The van der Waals surface area contributed by atoms with Crippen molar-refractivity contribution in [1.29, 1.82) is 0 Å². The lowest BCUT2D eigenvalue weighted by atomic mass is 10.1. The van der Waals surface area contributed by atoms with Crippen LogP contribution in [0.5, 0.6) is 5.75 Å². The summed E-state index contributed by atoms with van der Waals surface area (Å²) in [5.41, 5.74) is 2.61. The van der Waals surface area contributed by atoms with Crippen molar-refractivity contribution in [2.75, 3.05) is 32.7 Å². The molecule has 1 aromatic carbocycles. The molecule has 144 valence electrons. The van der Waals surface area contributed by atoms with Crippen LogP contribution in [0.3, 0.4) is 0 Å². The molecule has 0 saturated carbocycles. The molecule has 0 amide bonds. The minimum atomic E-state index is 0.0323. The predicted molar refractivity (Wildman–Crippen MR) is 106 cm³/mol. The van der Waals surface area contributed by atoms with Gasteiger partial charge in [0.05, 0.1) is 6.21 Å². The fourth-order valence-electron chi connectivity index (χ4n) is 3.45. The highest BCUT2D eigenvalue weighted by atomic mass is 16.4. The van der Waals surface area contributed by atoms with Crippen molar-refractivity contribution in [3.8, 4) is 5.75 Å². The molecule has 1 aliphatic rings. The zero-order valence-electron chi connectivity index (χ0n) is 15.7. The Hall–Kier alpha value is -2.44. The average Bonchev–Trinajstić information content (AvgIpc) is 2.70. The highest BCUT2D eigenvalue weighted by molar-refractivity contribution is 5.80. The van der Waals surface area contributed by atoms with Crippen LogP contribution >= 0.6 is 0 Å². The normalized spacial score (nSPS) is 16.1. The lowest BCUT2D eigenvalue weighted by Gasteiger charge is -2.34. The van der Waals surface area contributed by atoms with Crippen molar-refractivity contribution in [1.82, 2.24) is 14.8 Å². The third-order valence-electron chi connectivity index (χ3n) is 5.01. The largest absolute Gasteiger partial charge is 0.506 e. The molecule has 0 spiro atoms. The molecule has 1 aromatic heterocycles. The van der Waals surface area contributed by atoms with Crippen molar-refractivity contribution in [3.63, 3.8) is 0 Å². The maximum atomic E-state index is 9.65. The SMILES string of the molecule is ON=Cc1nc(CCCCN2CCN(Cc3ccccc3)CC2)ccc1O. The minimum absolute atomic E-state index is 0.0323. The van der Waals surface area contributed by atoms with Gasteiger partial charge in [0.25, 0.3) is 0 Å². The van der Waals surface area contributed by atoms with Crippen LogP contribution in [0.2, 0.25) is 0 Å². The van der Waals surface area contributed by atoms with Crippen LogP contribution in [0.4, 0.5) is 0 Å². The third kappa shape index (κ3) is 6.05. The standard InChI is InChI=1S/C21H28N4O2/c26-21-10-9-19(23-20(21)16-22-27)8-4-5-11-24-12-14-25(15-13-24)17-18-6-2-1-3-7-18/h1-3,6-7,9-10,16,26-27H,4-5,8,11-15,17H2. The highest BCUT2D eigenvalue weighted by Gasteiger charge is 2.16. The second kappa shape index (κ2) is 10.0. The van der Waals surface area contributed by atoms with Crippen molar-refractivity contribution < 1.29 is 10.3 Å². The van der Waals surface area contributed by atoms with E-state index in [4.69, 9.17) is 5.21 Å². The molecular formula is C21H28N4O2. The maximum Gasteiger partial charge on any atom is 0.142 e. The van der Waals surface area contributed by atoms with Crippen LogP contribution in [-0.4, -0.2) is 64.0 Å². The molecule has 1 saturated heterocycles. The number of nitrogens with zero attached hydrogens (tertiary/aromatic N) is 4. The second-order valence-corrected chi connectivity index (χ2v) is 7.01. The van der Waals surface area contributed by atoms with Gasteiger partial charge >= 0.3 is 0 Å². The zero-order chi connectivity index (χ0) is 18.9. The van der Waals surface area contributed by atoms with Gasteiger partial charge in [-0.25, -0.2) is 4.98 Å². The van der Waals surface area contributed by atoms with E-state index in [2.05, 4.69) is 50.3 Å². The Morgan fingerprint density at radius 1 is 0.963 bits per heavy atom. The number of aromatic hydroxyl groups is 1. The lowest BCUT2D eigenvalue weighted by molar-refractivity contribution is 0.125. The monoisotopic (exact) mass is 368 g/mol. The van der Waals surface area contributed by atoms with Gasteiger partial charge in [-0.1, -0.05) is 35.5 Å². The molecule has 2 aromatic rings. The zero-order valence-corrected chi connectivity index (χ0v) is 15.7. The van der Waals surface area contributed by atoms with E-state index in [-0.39, 0.29) is 5.75 Å². The number of rotatable bonds is 8. The average molecular weight is 368 g/mol. The summed E-state index contributed by atoms with van der Waals surface area (Å²) in [4.78, 5) is 9.38. The Labute approximate surface area is 160 Å². The van der Waals surface area contributed by atoms with Gasteiger partial charge < -0.3 is 15.2 Å². The Bertz CT molecular complexity index is 728. The van der Waals surface area contributed by atoms with Gasteiger partial charge in [0.1, 0.15) is 11.4 Å². The number of hydrogen-bond donors (Lipinski definition) is 2. The Balaban J connectivity index is 1.34. The summed E-state index contributed by atoms with van der Waals surface area (Å²) in [5.74, 6) is 0.0323. The smallest absolute Gasteiger partial charge is 0.142 e. The molecular weight excluding hydrogens is 340 g/mol. The summed E-state index contributed by atoms with van der Waals surface area (Å²) in [6.45, 7) is 6.65. The predicted octanol–water partition coefficient (Wildman–Crippen LogP) is 2.74. The van der Waals surface area contributed by atoms with Crippen LogP contribution in [0, 0.1) is 0 Å². The molecule has 2 N–H and O–H groups in total. The number of aromatic nitrogens is 1. The van der Waals surface area contributed by atoms with Gasteiger partial charge in [0.2, 0.25) is 0 Å². The van der Waals surface area contributed by atoms with Crippen LogP contribution in [0.1, 0.15) is 29.8 Å². The van der Waals surface area contributed by atoms with E-state index in [9.17, 15) is 5.11 Å². The third-order valence-corrected chi connectivity index (χ3v) is 5.01. The minimum Gasteiger partial charge on any atom is -0.506 e. The summed E-state index contributed by atoms with van der Waals surface area (Å²) in [6.07, 6.45) is 4.21. The topological polar surface area (TPSA) is 72.2 Å². The first-order valence-electron chi connectivity index (χ1n) is 9.59. The molecule has 0 bridgehead atoms. The molecule has 1 aliphatic heterocycles. The molecule has 27 heavy (non-hydrogen) atoms. The van der Waals surface area contributed by atoms with Crippen molar-refractivity contribution in [2.24, 2.45) is 5.16 Å². The number of piperazine rings is 1. The molecule has 0 aliphatic carbocycles. The van der Waals surface area contributed by atoms with Crippen LogP contribution < -0.4 is 0 Å². The molecule has 1 fully saturated rings. The maximum absolute atomic E-state index is 9.65. The van der Waals surface area contributed by atoms with Crippen molar-refractivity contribution in [3.05, 3.63) is 59.4 Å². The van der Waals surface area contributed by atoms with Gasteiger partial charge in [-0.05, 0) is 43.5 Å². The van der Waals surface area contributed by atoms with Crippen LogP contribution in [-0.2, 0) is 13.0 Å². The van der Waals surface area contributed by atoms with E-state index in [0.29, 0.717) is 5.69 Å². The lowest BCUT2D eigenvalue weighted by Crippen LogP contribution is -2.46. The number of aryl methyl sites for hydroxylation is 1. The number of pyridine rings is 1. The fraction of sp³-hybridized carbons (Fsp3) is 0.429. The Morgan fingerprint density at radius 2 is 1.70 bits per heavy atom. The van der Waals surface area contributed by atoms with E-state index < -0.39 is 0 Å². The summed E-state index contributed by atoms with van der Waals surface area (Å²) in [6, 6.07) is 14.1. The van der Waals surface area contributed by atoms with Gasteiger partial charge in [0.15, 0.2) is 0 Å². The Kier molecular flexibility index (Phi) is 7.19. The first kappa shape index (κ1) is 19.3. The van der Waals surface area contributed by atoms with E-state index in [1.165, 1.54) is 5.56 Å². The summed E-state index contributed by atoms with van der Waals surface area (Å²) < 4.78 is 0. The fourth-order valence-corrected chi connectivity index (χ4v) is 3.45. The number of hydrogen-bond acceptors (Lipinski definition) is 6. The molecule has 0 atom stereocenters. The van der Waals surface area contributed by atoms with Crippen molar-refractivity contribution >= 4 is 6.21 Å². The highest BCUT2D eigenvalue weighted by Crippen LogP contribution is 2.15. The first-order chi connectivity index (χ1) is 13.2. The number of unbranched alkanes of at least 4 members (excludes halogenated alkanes) is 1. The number of oxime groups is 1. The van der Waals surface area contributed by atoms with Gasteiger partial charge in [-0.15, -0.1) is 0 Å². The van der Waals surface area contributed by atoms with Gasteiger partial charge in [-0.2, -0.15) is 0 Å². The first-order valence-corrected chi connectivity index (χ1v) is 9.59. The van der Waals surface area contributed by atoms with E-state index >= 15 is 0 Å². The quantitative estimate of drug-likeness (QED) is 0.324. The van der Waals surface area contributed by atoms with E-state index in [0.717, 1.165) is 70.4 Å². The molecule has 0 radical (unpaired) electrons. The molecule has 0 unspecified atom stereocenters. The summed E-state index contributed by atoms with van der Waals surface area (Å²) in [7, 11) is 0. The molecule has 2 heterocycles.